The molecule has 1 saturated carbocycles. The number of hydrogen-bond donors (Lipinski definition) is 0. The summed E-state index contributed by atoms with van der Waals surface area (Å²) in [7, 11) is 0. The SMILES string of the molecule is CC(Cl)c1nc2cccnc2n1C1CCC(C)C(C)C1. The molecule has 0 radical (unpaired) electrons. The summed E-state index contributed by atoms with van der Waals surface area (Å²) < 4.78 is 2.30. The number of hydrogen-bond acceptors (Lipinski definition) is 2. The van der Waals surface area contributed by atoms with Crippen molar-refractivity contribution >= 4 is 22.8 Å². The molecule has 0 aromatic carbocycles. The van der Waals surface area contributed by atoms with Crippen molar-refractivity contribution in [1.29, 1.82) is 0 Å². The number of pyridine rings is 1. The van der Waals surface area contributed by atoms with Gasteiger partial charge >= 0.3 is 0 Å². The maximum Gasteiger partial charge on any atom is 0.160 e. The van der Waals surface area contributed by atoms with Crippen LogP contribution in [0.4, 0.5) is 0 Å². The highest BCUT2D eigenvalue weighted by Crippen LogP contribution is 2.39. The van der Waals surface area contributed by atoms with Crippen molar-refractivity contribution in [2.24, 2.45) is 11.8 Å². The van der Waals surface area contributed by atoms with Gasteiger partial charge in [0, 0.05) is 12.2 Å². The van der Waals surface area contributed by atoms with Gasteiger partial charge < -0.3 is 4.57 Å². The zero-order valence-corrected chi connectivity index (χ0v) is 13.1. The summed E-state index contributed by atoms with van der Waals surface area (Å²) in [5, 5.41) is -0.0844. The number of halogens is 1. The topological polar surface area (TPSA) is 30.7 Å². The van der Waals surface area contributed by atoms with Gasteiger partial charge in [0.15, 0.2) is 5.65 Å². The predicted molar refractivity (Wildman–Crippen MR) is 83.0 cm³/mol. The molecule has 2 heterocycles. The molecule has 3 rings (SSSR count). The van der Waals surface area contributed by atoms with E-state index in [9.17, 15) is 0 Å². The van der Waals surface area contributed by atoms with Crippen molar-refractivity contribution in [3.63, 3.8) is 0 Å². The standard InChI is InChI=1S/C16H22ClN3/c1-10-6-7-13(9-11(10)2)20-15(12(3)17)19-14-5-4-8-18-16(14)20/h4-5,8,10-13H,6-7,9H2,1-3H3. The molecule has 0 amide bonds. The molecule has 0 N–H and O–H groups in total. The van der Waals surface area contributed by atoms with Crippen molar-refractivity contribution in [2.45, 2.75) is 51.5 Å². The predicted octanol–water partition coefficient (Wildman–Crippen LogP) is 4.73. The van der Waals surface area contributed by atoms with Gasteiger partial charge in [-0.2, -0.15) is 0 Å². The lowest BCUT2D eigenvalue weighted by molar-refractivity contribution is 0.210. The number of fused-ring (bicyclic) bond motifs is 1. The van der Waals surface area contributed by atoms with Crippen LogP contribution in [-0.4, -0.2) is 14.5 Å². The van der Waals surface area contributed by atoms with Crippen LogP contribution < -0.4 is 0 Å². The summed E-state index contributed by atoms with van der Waals surface area (Å²) in [6, 6.07) is 4.45. The molecule has 4 heteroatoms. The number of rotatable bonds is 2. The van der Waals surface area contributed by atoms with Crippen molar-refractivity contribution in [3.8, 4) is 0 Å². The van der Waals surface area contributed by atoms with E-state index in [2.05, 4.69) is 23.4 Å². The first kappa shape index (κ1) is 13.9. The third-order valence-corrected chi connectivity index (χ3v) is 4.96. The van der Waals surface area contributed by atoms with E-state index in [1.54, 1.807) is 0 Å². The van der Waals surface area contributed by atoms with Crippen LogP contribution in [-0.2, 0) is 0 Å². The molecule has 108 valence electrons. The zero-order valence-electron chi connectivity index (χ0n) is 12.4. The smallest absolute Gasteiger partial charge is 0.160 e. The van der Waals surface area contributed by atoms with Gasteiger partial charge in [0.05, 0.1) is 5.38 Å². The fourth-order valence-electron chi connectivity index (χ4n) is 3.34. The Kier molecular flexibility index (Phi) is 3.72. The Morgan fingerprint density at radius 3 is 2.80 bits per heavy atom. The molecule has 4 unspecified atom stereocenters. The fourth-order valence-corrected chi connectivity index (χ4v) is 3.50. The minimum absolute atomic E-state index is 0.0844. The lowest BCUT2D eigenvalue weighted by atomic mass is 9.79. The number of alkyl halides is 1. The second kappa shape index (κ2) is 5.36. The summed E-state index contributed by atoms with van der Waals surface area (Å²) in [6.45, 7) is 6.71. The number of aromatic nitrogens is 3. The van der Waals surface area contributed by atoms with Crippen LogP contribution in [0, 0.1) is 11.8 Å². The molecule has 2 aromatic heterocycles. The van der Waals surface area contributed by atoms with E-state index >= 15 is 0 Å². The minimum atomic E-state index is -0.0844. The fraction of sp³-hybridized carbons (Fsp3) is 0.625. The van der Waals surface area contributed by atoms with E-state index < -0.39 is 0 Å². The van der Waals surface area contributed by atoms with E-state index in [4.69, 9.17) is 16.6 Å². The van der Waals surface area contributed by atoms with Crippen LogP contribution in [0.1, 0.15) is 57.3 Å². The normalized spacial score (nSPS) is 28.7. The third kappa shape index (κ3) is 2.32. The number of nitrogens with zero attached hydrogens (tertiary/aromatic N) is 3. The maximum atomic E-state index is 6.35. The van der Waals surface area contributed by atoms with Gasteiger partial charge in [-0.05, 0) is 50.2 Å². The first-order valence-electron chi connectivity index (χ1n) is 7.55. The van der Waals surface area contributed by atoms with Crippen molar-refractivity contribution < 1.29 is 0 Å². The van der Waals surface area contributed by atoms with Crippen LogP contribution in [0.25, 0.3) is 11.2 Å². The number of imidazole rings is 1. The van der Waals surface area contributed by atoms with Gasteiger partial charge in [-0.1, -0.05) is 13.8 Å². The Hall–Kier alpha value is -1.09. The first-order chi connectivity index (χ1) is 9.58. The molecule has 1 aliphatic rings. The Morgan fingerprint density at radius 2 is 2.10 bits per heavy atom. The molecular weight excluding hydrogens is 270 g/mol. The molecular formula is C16H22ClN3. The molecule has 3 nitrogen and oxygen atoms in total. The molecule has 0 spiro atoms. The molecule has 20 heavy (non-hydrogen) atoms. The monoisotopic (exact) mass is 291 g/mol. The van der Waals surface area contributed by atoms with Crippen molar-refractivity contribution in [1.82, 2.24) is 14.5 Å². The molecule has 2 aromatic rings. The third-order valence-electron chi connectivity index (χ3n) is 4.77. The van der Waals surface area contributed by atoms with Crippen LogP contribution in [0.2, 0.25) is 0 Å². The second-order valence-electron chi connectivity index (χ2n) is 6.22. The lowest BCUT2D eigenvalue weighted by Crippen LogP contribution is -2.24. The summed E-state index contributed by atoms with van der Waals surface area (Å²) in [5.74, 6) is 2.52. The Balaban J connectivity index is 2.07. The summed E-state index contributed by atoms with van der Waals surface area (Å²) >= 11 is 6.35. The highest BCUT2D eigenvalue weighted by molar-refractivity contribution is 6.20. The van der Waals surface area contributed by atoms with Crippen molar-refractivity contribution in [3.05, 3.63) is 24.2 Å². The lowest BCUT2D eigenvalue weighted by Gasteiger charge is -2.33. The van der Waals surface area contributed by atoms with Gasteiger partial charge in [-0.15, -0.1) is 11.6 Å². The highest BCUT2D eigenvalue weighted by atomic mass is 35.5. The molecule has 0 saturated heterocycles. The molecule has 4 atom stereocenters. The molecule has 0 aliphatic heterocycles. The van der Waals surface area contributed by atoms with Gasteiger partial charge in [0.1, 0.15) is 11.3 Å². The highest BCUT2D eigenvalue weighted by Gasteiger charge is 2.29. The van der Waals surface area contributed by atoms with E-state index in [0.29, 0.717) is 6.04 Å². The van der Waals surface area contributed by atoms with Crippen LogP contribution in [0.3, 0.4) is 0 Å². The average Bonchev–Trinajstić information content (AvgIpc) is 2.81. The van der Waals surface area contributed by atoms with E-state index in [-0.39, 0.29) is 5.38 Å². The second-order valence-corrected chi connectivity index (χ2v) is 6.88. The molecule has 1 aliphatic carbocycles. The summed E-state index contributed by atoms with van der Waals surface area (Å²) in [6.07, 6.45) is 5.51. The van der Waals surface area contributed by atoms with Gasteiger partial charge in [0.2, 0.25) is 0 Å². The first-order valence-corrected chi connectivity index (χ1v) is 7.98. The molecule has 0 bridgehead atoms. The van der Waals surface area contributed by atoms with Crippen molar-refractivity contribution in [2.75, 3.05) is 0 Å². The summed E-state index contributed by atoms with van der Waals surface area (Å²) in [5.41, 5.74) is 1.95. The van der Waals surface area contributed by atoms with Gasteiger partial charge in [-0.3, -0.25) is 0 Å². The largest absolute Gasteiger partial charge is 0.308 e. The average molecular weight is 292 g/mol. The maximum absolute atomic E-state index is 6.35. The Morgan fingerprint density at radius 1 is 1.30 bits per heavy atom. The van der Waals surface area contributed by atoms with Crippen LogP contribution in [0.15, 0.2) is 18.3 Å². The molecule has 1 fully saturated rings. The minimum Gasteiger partial charge on any atom is -0.308 e. The quantitative estimate of drug-likeness (QED) is 0.749. The van der Waals surface area contributed by atoms with Crippen LogP contribution >= 0.6 is 11.6 Å². The van der Waals surface area contributed by atoms with E-state index in [1.165, 1.54) is 19.3 Å². The van der Waals surface area contributed by atoms with E-state index in [0.717, 1.165) is 28.8 Å². The zero-order chi connectivity index (χ0) is 14.3. The van der Waals surface area contributed by atoms with Gasteiger partial charge in [-0.25, -0.2) is 9.97 Å². The Labute approximate surface area is 125 Å². The van der Waals surface area contributed by atoms with Gasteiger partial charge in [0.25, 0.3) is 0 Å². The van der Waals surface area contributed by atoms with E-state index in [1.807, 2.05) is 25.3 Å². The Bertz CT molecular complexity index is 605. The van der Waals surface area contributed by atoms with Crippen LogP contribution in [0.5, 0.6) is 0 Å². The summed E-state index contributed by atoms with van der Waals surface area (Å²) in [4.78, 5) is 9.25.